The van der Waals surface area contributed by atoms with E-state index < -0.39 is 0 Å². The number of aromatic nitrogens is 1. The molecule has 0 aliphatic heterocycles. The molecule has 4 heteroatoms. The molecule has 3 nitrogen and oxygen atoms in total. The van der Waals surface area contributed by atoms with Gasteiger partial charge in [0.15, 0.2) is 5.13 Å². The van der Waals surface area contributed by atoms with Gasteiger partial charge in [0.1, 0.15) is 0 Å². The van der Waals surface area contributed by atoms with Crippen LogP contribution in [-0.4, -0.2) is 25.1 Å². The van der Waals surface area contributed by atoms with Crippen LogP contribution in [0.1, 0.15) is 56.1 Å². The van der Waals surface area contributed by atoms with Gasteiger partial charge in [-0.3, -0.25) is 0 Å². The molecule has 1 N–H and O–H groups in total. The monoisotopic (exact) mass is 293 g/mol. The predicted molar refractivity (Wildman–Crippen MR) is 86.6 cm³/mol. The van der Waals surface area contributed by atoms with Crippen molar-refractivity contribution in [2.75, 3.05) is 25.0 Å². The van der Waals surface area contributed by atoms with Crippen molar-refractivity contribution in [3.8, 4) is 0 Å². The van der Waals surface area contributed by atoms with Crippen LogP contribution >= 0.6 is 11.3 Å². The minimum Gasteiger partial charge on any atom is -0.351 e. The van der Waals surface area contributed by atoms with E-state index in [0.29, 0.717) is 6.04 Å². The van der Waals surface area contributed by atoms with E-state index in [1.807, 2.05) is 11.3 Å². The fraction of sp³-hybridized carbons (Fsp3) is 0.812. The van der Waals surface area contributed by atoms with Crippen molar-refractivity contribution in [1.29, 1.82) is 0 Å². The van der Waals surface area contributed by atoms with Gasteiger partial charge in [-0.25, -0.2) is 4.98 Å². The molecule has 1 aromatic rings. The number of rotatable bonds is 6. The molecule has 2 aliphatic rings. The normalized spacial score (nSPS) is 28.2. The Morgan fingerprint density at radius 3 is 2.95 bits per heavy atom. The van der Waals surface area contributed by atoms with Crippen LogP contribution in [0.15, 0.2) is 0 Å². The molecule has 0 amide bonds. The highest BCUT2D eigenvalue weighted by atomic mass is 32.1. The number of hydrogen-bond donors (Lipinski definition) is 1. The Hall–Kier alpha value is -0.610. The molecule has 3 atom stereocenters. The molecule has 3 unspecified atom stereocenters. The van der Waals surface area contributed by atoms with Gasteiger partial charge >= 0.3 is 0 Å². The molecule has 112 valence electrons. The second kappa shape index (κ2) is 6.02. The zero-order valence-electron chi connectivity index (χ0n) is 13.0. The van der Waals surface area contributed by atoms with Crippen LogP contribution in [0, 0.1) is 11.8 Å². The van der Waals surface area contributed by atoms with Gasteiger partial charge in [-0.1, -0.05) is 13.8 Å². The van der Waals surface area contributed by atoms with E-state index in [1.165, 1.54) is 54.4 Å². The summed E-state index contributed by atoms with van der Waals surface area (Å²) in [5.74, 6) is 1.82. The number of hydrogen-bond acceptors (Lipinski definition) is 4. The fourth-order valence-corrected chi connectivity index (χ4v) is 4.30. The average molecular weight is 293 g/mol. The van der Waals surface area contributed by atoms with Crippen molar-refractivity contribution in [2.24, 2.45) is 11.8 Å². The Morgan fingerprint density at radius 1 is 1.45 bits per heavy atom. The number of fused-ring (bicyclic) bond motifs is 1. The molecule has 2 aliphatic carbocycles. The van der Waals surface area contributed by atoms with E-state index in [0.717, 1.165) is 18.4 Å². The van der Waals surface area contributed by atoms with Gasteiger partial charge in [-0.2, -0.15) is 0 Å². The van der Waals surface area contributed by atoms with E-state index >= 15 is 0 Å². The van der Waals surface area contributed by atoms with Crippen LogP contribution in [-0.2, 0) is 6.42 Å². The third kappa shape index (κ3) is 3.01. The van der Waals surface area contributed by atoms with Gasteiger partial charge in [0.05, 0.1) is 11.7 Å². The van der Waals surface area contributed by atoms with Gasteiger partial charge in [0.25, 0.3) is 0 Å². The van der Waals surface area contributed by atoms with Gasteiger partial charge in [0, 0.05) is 18.5 Å². The summed E-state index contributed by atoms with van der Waals surface area (Å²) in [6.45, 7) is 6.87. The van der Waals surface area contributed by atoms with Gasteiger partial charge in [-0.05, 0) is 50.5 Å². The zero-order valence-corrected chi connectivity index (χ0v) is 13.8. The largest absolute Gasteiger partial charge is 0.351 e. The van der Waals surface area contributed by atoms with E-state index in [1.54, 1.807) is 0 Å². The molecule has 20 heavy (non-hydrogen) atoms. The Balaban J connectivity index is 1.69. The predicted octanol–water partition coefficient (Wildman–Crippen LogP) is 3.61. The van der Waals surface area contributed by atoms with Crippen molar-refractivity contribution in [3.63, 3.8) is 0 Å². The first-order valence-corrected chi connectivity index (χ1v) is 8.94. The lowest BCUT2D eigenvalue weighted by molar-refractivity contribution is 0.454. The maximum Gasteiger partial charge on any atom is 0.185 e. The molecular weight excluding hydrogens is 266 g/mol. The van der Waals surface area contributed by atoms with Crippen molar-refractivity contribution >= 4 is 16.5 Å². The van der Waals surface area contributed by atoms with Gasteiger partial charge < -0.3 is 10.2 Å². The molecule has 0 aromatic carbocycles. The summed E-state index contributed by atoms with van der Waals surface area (Å²) < 4.78 is 0. The number of anilines is 1. The average Bonchev–Trinajstić information content (AvgIpc) is 2.96. The summed E-state index contributed by atoms with van der Waals surface area (Å²) >= 11 is 1.93. The molecule has 0 spiro atoms. The van der Waals surface area contributed by atoms with Crippen LogP contribution in [0.3, 0.4) is 0 Å². The van der Waals surface area contributed by atoms with E-state index in [9.17, 15) is 0 Å². The summed E-state index contributed by atoms with van der Waals surface area (Å²) in [5.41, 5.74) is 1.35. The van der Waals surface area contributed by atoms with E-state index in [4.69, 9.17) is 4.98 Å². The van der Waals surface area contributed by atoms with Gasteiger partial charge in [0.2, 0.25) is 0 Å². The lowest BCUT2D eigenvalue weighted by atomic mass is 9.97. The summed E-state index contributed by atoms with van der Waals surface area (Å²) in [7, 11) is 2.21. The number of nitrogens with one attached hydrogen (secondary N) is 1. The zero-order chi connectivity index (χ0) is 14.1. The topological polar surface area (TPSA) is 28.2 Å². The van der Waals surface area contributed by atoms with Crippen LogP contribution in [0.5, 0.6) is 0 Å². The Bertz CT molecular complexity index is 457. The van der Waals surface area contributed by atoms with Crippen LogP contribution in [0.4, 0.5) is 5.13 Å². The summed E-state index contributed by atoms with van der Waals surface area (Å²) in [5, 5.41) is 4.90. The van der Waals surface area contributed by atoms with Crippen molar-refractivity contribution in [3.05, 3.63) is 10.6 Å². The second-order valence-corrected chi connectivity index (χ2v) is 7.62. The highest BCUT2D eigenvalue weighted by Crippen LogP contribution is 2.41. The standard InChI is InChI=1S/C16H27N3S/c1-4-8-17-13-6-5-7-14-15(13)18-16(20-14)19(3)10-12-9-11(12)2/h11-13,17H,4-10H2,1-3H3. The Kier molecular flexibility index (Phi) is 4.32. The third-order valence-corrected chi connectivity index (χ3v) is 5.94. The van der Waals surface area contributed by atoms with E-state index in [-0.39, 0.29) is 0 Å². The summed E-state index contributed by atoms with van der Waals surface area (Å²) in [6, 6.07) is 0.497. The molecule has 1 saturated carbocycles. The molecular formula is C16H27N3S. The number of nitrogens with zero attached hydrogens (tertiary/aromatic N) is 2. The Morgan fingerprint density at radius 2 is 2.25 bits per heavy atom. The van der Waals surface area contributed by atoms with Crippen LogP contribution in [0.25, 0.3) is 0 Å². The minimum atomic E-state index is 0.497. The molecule has 1 fully saturated rings. The van der Waals surface area contributed by atoms with Crippen LogP contribution < -0.4 is 10.2 Å². The SMILES string of the molecule is CCCNC1CCCc2sc(N(C)CC3CC3C)nc21. The number of thiazole rings is 1. The quantitative estimate of drug-likeness (QED) is 0.868. The summed E-state index contributed by atoms with van der Waals surface area (Å²) in [6.07, 6.45) is 6.38. The lowest BCUT2D eigenvalue weighted by Crippen LogP contribution is -2.26. The minimum absolute atomic E-state index is 0.497. The smallest absolute Gasteiger partial charge is 0.185 e. The van der Waals surface area contributed by atoms with Crippen molar-refractivity contribution < 1.29 is 0 Å². The molecule has 0 radical (unpaired) electrons. The fourth-order valence-electron chi connectivity index (χ4n) is 3.17. The first-order chi connectivity index (χ1) is 9.69. The van der Waals surface area contributed by atoms with Crippen LogP contribution in [0.2, 0.25) is 0 Å². The molecule has 1 aromatic heterocycles. The lowest BCUT2D eigenvalue weighted by Gasteiger charge is -2.22. The maximum atomic E-state index is 4.97. The Labute approximate surface area is 126 Å². The molecule has 0 bridgehead atoms. The number of aryl methyl sites for hydroxylation is 1. The molecule has 3 rings (SSSR count). The van der Waals surface area contributed by atoms with Crippen molar-refractivity contribution in [1.82, 2.24) is 10.3 Å². The second-order valence-electron chi connectivity index (χ2n) is 6.56. The molecule has 1 heterocycles. The maximum absolute atomic E-state index is 4.97. The first kappa shape index (κ1) is 14.3. The van der Waals surface area contributed by atoms with E-state index in [2.05, 4.69) is 31.1 Å². The third-order valence-electron chi connectivity index (χ3n) is 4.69. The first-order valence-electron chi connectivity index (χ1n) is 8.13. The molecule has 0 saturated heterocycles. The van der Waals surface area contributed by atoms with Gasteiger partial charge in [-0.15, -0.1) is 11.3 Å². The summed E-state index contributed by atoms with van der Waals surface area (Å²) in [4.78, 5) is 8.88. The highest BCUT2D eigenvalue weighted by molar-refractivity contribution is 7.15. The van der Waals surface area contributed by atoms with Crippen molar-refractivity contribution in [2.45, 2.75) is 52.0 Å². The highest BCUT2D eigenvalue weighted by Gasteiger charge is 2.34.